The molecule has 31 heavy (non-hydrogen) atoms. The molecule has 0 aliphatic carbocycles. The van der Waals surface area contributed by atoms with Crippen molar-refractivity contribution in [1.82, 2.24) is 20.4 Å². The molecule has 5 nitrogen and oxygen atoms in total. The number of piperidine rings is 1. The first-order valence-electron chi connectivity index (χ1n) is 11.3. The maximum Gasteiger partial charge on any atom is 0.153 e. The molecule has 3 heterocycles. The topological polar surface area (TPSA) is 57.1 Å². The second-order valence-corrected chi connectivity index (χ2v) is 8.80. The van der Waals surface area contributed by atoms with Crippen LogP contribution in [0.3, 0.4) is 0 Å². The summed E-state index contributed by atoms with van der Waals surface area (Å²) in [6.07, 6.45) is 4.52. The highest BCUT2D eigenvalue weighted by molar-refractivity contribution is 5.82. The van der Waals surface area contributed by atoms with Crippen molar-refractivity contribution in [2.75, 3.05) is 13.1 Å². The van der Waals surface area contributed by atoms with Crippen LogP contribution in [0.2, 0.25) is 0 Å². The van der Waals surface area contributed by atoms with Crippen LogP contribution in [0.15, 0.2) is 65.2 Å². The average Bonchev–Trinajstić information content (AvgIpc) is 3.43. The third-order valence-corrected chi connectivity index (χ3v) is 6.34. The first-order chi connectivity index (χ1) is 15.2. The Morgan fingerprint density at radius 1 is 1.03 bits per heavy atom. The zero-order chi connectivity index (χ0) is 21.0. The molecule has 5 heteroatoms. The lowest BCUT2D eigenvalue weighted by molar-refractivity contribution is 0.185. The summed E-state index contributed by atoms with van der Waals surface area (Å²) in [5.41, 5.74) is 5.64. The summed E-state index contributed by atoms with van der Waals surface area (Å²) in [4.78, 5) is 2.58. The number of hydrogen-bond donors (Lipinski definition) is 2. The Hall–Kier alpha value is -2.89. The number of H-pyrrole nitrogens is 1. The molecule has 2 aromatic heterocycles. The summed E-state index contributed by atoms with van der Waals surface area (Å²) in [7, 11) is 0. The highest BCUT2D eigenvalue weighted by Gasteiger charge is 2.16. The number of para-hydroxylation sites is 1. The van der Waals surface area contributed by atoms with E-state index < -0.39 is 0 Å². The van der Waals surface area contributed by atoms with Gasteiger partial charge in [-0.1, -0.05) is 49.4 Å². The summed E-state index contributed by atoms with van der Waals surface area (Å²) in [5.74, 6) is 1.71. The number of fused-ring (bicyclic) bond motifs is 1. The summed E-state index contributed by atoms with van der Waals surface area (Å²) in [5, 5.41) is 12.0. The molecule has 2 N–H and O–H groups in total. The van der Waals surface area contributed by atoms with Crippen molar-refractivity contribution in [3.63, 3.8) is 0 Å². The fourth-order valence-corrected chi connectivity index (χ4v) is 4.35. The average molecular weight is 415 g/mol. The summed E-state index contributed by atoms with van der Waals surface area (Å²) >= 11 is 0. The standard InChI is InChI=1S/C26H30N4O/c1-19-10-12-30(13-11-19)18-21-8-6-20(7-9-21)15-27-16-23-17-28-29-26(23)25-14-22-4-2-3-5-24(22)31-25/h2-9,14,17,19,27H,10-13,15-16,18H2,1H3,(H,28,29). The quantitative estimate of drug-likeness (QED) is 0.428. The molecule has 0 saturated carbocycles. The molecular formula is C26H30N4O. The first-order valence-corrected chi connectivity index (χ1v) is 11.3. The lowest BCUT2D eigenvalue weighted by Crippen LogP contribution is -2.32. The minimum absolute atomic E-state index is 0.733. The maximum atomic E-state index is 6.00. The number of likely N-dealkylation sites (tertiary alicyclic amines) is 1. The van der Waals surface area contributed by atoms with Crippen molar-refractivity contribution in [2.45, 2.75) is 39.4 Å². The molecule has 0 radical (unpaired) electrons. The number of nitrogens with zero attached hydrogens (tertiary/aromatic N) is 2. The maximum absolute atomic E-state index is 6.00. The van der Waals surface area contributed by atoms with E-state index in [1.54, 1.807) is 0 Å². The van der Waals surface area contributed by atoms with Gasteiger partial charge in [-0.25, -0.2) is 0 Å². The Morgan fingerprint density at radius 3 is 2.61 bits per heavy atom. The van der Waals surface area contributed by atoms with Crippen molar-refractivity contribution >= 4 is 11.0 Å². The van der Waals surface area contributed by atoms with Crippen LogP contribution in [0.25, 0.3) is 22.4 Å². The highest BCUT2D eigenvalue weighted by atomic mass is 16.3. The molecule has 0 bridgehead atoms. The van der Waals surface area contributed by atoms with Gasteiger partial charge in [0.1, 0.15) is 11.3 Å². The third kappa shape index (κ3) is 4.73. The van der Waals surface area contributed by atoms with Gasteiger partial charge in [-0.05, 0) is 55.1 Å². The zero-order valence-corrected chi connectivity index (χ0v) is 18.1. The van der Waals surface area contributed by atoms with Gasteiger partial charge < -0.3 is 9.73 Å². The minimum atomic E-state index is 0.733. The molecule has 1 saturated heterocycles. The van der Waals surface area contributed by atoms with Gasteiger partial charge in [-0.2, -0.15) is 5.10 Å². The Kier molecular flexibility index (Phi) is 5.87. The Labute approximate surface area is 183 Å². The minimum Gasteiger partial charge on any atom is -0.454 e. The number of aromatic amines is 1. The number of benzene rings is 2. The molecule has 160 valence electrons. The third-order valence-electron chi connectivity index (χ3n) is 6.34. The van der Waals surface area contributed by atoms with Gasteiger partial charge in [0.25, 0.3) is 0 Å². The molecule has 0 atom stereocenters. The van der Waals surface area contributed by atoms with E-state index in [9.17, 15) is 0 Å². The number of hydrogen-bond acceptors (Lipinski definition) is 4. The predicted octanol–water partition coefficient (Wildman–Crippen LogP) is 5.34. The fourth-order valence-electron chi connectivity index (χ4n) is 4.35. The van der Waals surface area contributed by atoms with E-state index in [0.717, 1.165) is 53.5 Å². The lowest BCUT2D eigenvalue weighted by Gasteiger charge is -2.30. The number of aromatic nitrogens is 2. The van der Waals surface area contributed by atoms with Crippen molar-refractivity contribution in [3.8, 4) is 11.5 Å². The van der Waals surface area contributed by atoms with Gasteiger partial charge in [0.15, 0.2) is 5.76 Å². The monoisotopic (exact) mass is 414 g/mol. The van der Waals surface area contributed by atoms with Gasteiger partial charge in [0, 0.05) is 30.6 Å². The normalized spacial score (nSPS) is 15.6. The number of nitrogens with one attached hydrogen (secondary N) is 2. The zero-order valence-electron chi connectivity index (χ0n) is 18.1. The highest BCUT2D eigenvalue weighted by Crippen LogP contribution is 2.28. The molecule has 1 fully saturated rings. The van der Waals surface area contributed by atoms with Gasteiger partial charge in [0.2, 0.25) is 0 Å². The second kappa shape index (κ2) is 9.08. The molecule has 1 aliphatic heterocycles. The van der Waals surface area contributed by atoms with Crippen LogP contribution >= 0.6 is 0 Å². The molecule has 0 spiro atoms. The SMILES string of the molecule is CC1CCN(Cc2ccc(CNCc3cn[nH]c3-c3cc4ccccc4o3)cc2)CC1. The largest absolute Gasteiger partial charge is 0.454 e. The van der Waals surface area contributed by atoms with E-state index in [2.05, 4.69) is 63.7 Å². The second-order valence-electron chi connectivity index (χ2n) is 8.80. The van der Waals surface area contributed by atoms with Crippen LogP contribution in [-0.4, -0.2) is 28.2 Å². The van der Waals surface area contributed by atoms with Crippen molar-refractivity contribution in [2.24, 2.45) is 5.92 Å². The van der Waals surface area contributed by atoms with Gasteiger partial charge in [-0.3, -0.25) is 10.00 Å². The molecule has 0 amide bonds. The van der Waals surface area contributed by atoms with Crippen LogP contribution in [-0.2, 0) is 19.6 Å². The Morgan fingerprint density at radius 2 is 1.81 bits per heavy atom. The van der Waals surface area contributed by atoms with Crippen molar-refractivity contribution < 1.29 is 4.42 Å². The van der Waals surface area contributed by atoms with Crippen LogP contribution in [0.5, 0.6) is 0 Å². The number of rotatable bonds is 7. The van der Waals surface area contributed by atoms with Crippen molar-refractivity contribution in [1.29, 1.82) is 0 Å². The summed E-state index contributed by atoms with van der Waals surface area (Å²) < 4.78 is 6.00. The molecule has 4 aromatic rings. The molecule has 2 aromatic carbocycles. The predicted molar refractivity (Wildman–Crippen MR) is 124 cm³/mol. The fraction of sp³-hybridized carbons (Fsp3) is 0.346. The van der Waals surface area contributed by atoms with E-state index in [0.29, 0.717) is 0 Å². The van der Waals surface area contributed by atoms with E-state index in [-0.39, 0.29) is 0 Å². The molecule has 5 rings (SSSR count). The van der Waals surface area contributed by atoms with E-state index in [1.165, 1.54) is 37.1 Å². The van der Waals surface area contributed by atoms with Gasteiger partial charge in [-0.15, -0.1) is 0 Å². The smallest absolute Gasteiger partial charge is 0.153 e. The van der Waals surface area contributed by atoms with Crippen LogP contribution < -0.4 is 5.32 Å². The van der Waals surface area contributed by atoms with E-state index >= 15 is 0 Å². The molecule has 0 unspecified atom stereocenters. The van der Waals surface area contributed by atoms with E-state index in [1.807, 2.05) is 24.4 Å². The first kappa shape index (κ1) is 20.0. The van der Waals surface area contributed by atoms with Gasteiger partial charge >= 0.3 is 0 Å². The van der Waals surface area contributed by atoms with Gasteiger partial charge in [0.05, 0.1) is 6.20 Å². The summed E-state index contributed by atoms with van der Waals surface area (Å²) in [6.45, 7) is 7.44. The molecular weight excluding hydrogens is 384 g/mol. The van der Waals surface area contributed by atoms with Crippen LogP contribution in [0.4, 0.5) is 0 Å². The Balaban J connectivity index is 1.16. The van der Waals surface area contributed by atoms with Crippen LogP contribution in [0, 0.1) is 5.92 Å². The van der Waals surface area contributed by atoms with E-state index in [4.69, 9.17) is 4.42 Å². The number of furan rings is 1. The van der Waals surface area contributed by atoms with Crippen LogP contribution in [0.1, 0.15) is 36.5 Å². The molecule has 1 aliphatic rings. The van der Waals surface area contributed by atoms with Crippen molar-refractivity contribution in [3.05, 3.63) is 77.5 Å². The lowest BCUT2D eigenvalue weighted by atomic mass is 9.99. The summed E-state index contributed by atoms with van der Waals surface area (Å²) in [6, 6.07) is 19.1. The Bertz CT molecular complexity index is 1090.